The molecule has 0 unspecified atom stereocenters. The van der Waals surface area contributed by atoms with Gasteiger partial charge in [-0.05, 0) is 43.0 Å². The van der Waals surface area contributed by atoms with Crippen molar-refractivity contribution < 1.29 is 9.59 Å². The number of carbonyl (C=O) groups excluding carboxylic acids is 2. The number of hydrogen-bond donors (Lipinski definition) is 1. The third kappa shape index (κ3) is 7.19. The molecule has 34 heavy (non-hydrogen) atoms. The Morgan fingerprint density at radius 2 is 1.62 bits per heavy atom. The maximum atomic E-state index is 13.7. The van der Waals surface area contributed by atoms with E-state index >= 15 is 0 Å². The highest BCUT2D eigenvalue weighted by molar-refractivity contribution is 6.31. The van der Waals surface area contributed by atoms with Crippen molar-refractivity contribution in [2.75, 3.05) is 0 Å². The molecule has 3 rings (SSSR count). The zero-order valence-corrected chi connectivity index (χ0v) is 20.9. The minimum Gasteiger partial charge on any atom is -0.352 e. The second-order valence-electron chi connectivity index (χ2n) is 8.80. The Morgan fingerprint density at radius 1 is 0.941 bits per heavy atom. The number of benzene rings is 3. The summed E-state index contributed by atoms with van der Waals surface area (Å²) in [7, 11) is 0. The summed E-state index contributed by atoms with van der Waals surface area (Å²) in [5.74, 6) is -0.270. The first-order chi connectivity index (χ1) is 16.4. The maximum Gasteiger partial charge on any atom is 0.243 e. The molecular weight excluding hydrogens is 444 g/mol. The molecule has 2 amide bonds. The largest absolute Gasteiger partial charge is 0.352 e. The lowest BCUT2D eigenvalue weighted by Gasteiger charge is -2.32. The lowest BCUT2D eigenvalue weighted by atomic mass is 10.0. The number of amides is 2. The van der Waals surface area contributed by atoms with Gasteiger partial charge in [-0.15, -0.1) is 0 Å². The molecule has 0 aliphatic heterocycles. The molecule has 4 nitrogen and oxygen atoms in total. The molecule has 0 saturated heterocycles. The second-order valence-corrected chi connectivity index (χ2v) is 9.21. The van der Waals surface area contributed by atoms with Gasteiger partial charge in [0, 0.05) is 24.0 Å². The number of nitrogens with one attached hydrogen (secondary N) is 1. The van der Waals surface area contributed by atoms with Gasteiger partial charge in [-0.1, -0.05) is 96.9 Å². The highest BCUT2D eigenvalue weighted by atomic mass is 35.5. The molecule has 0 aliphatic rings. The zero-order valence-electron chi connectivity index (χ0n) is 20.1. The number of aryl methyl sites for hydroxylation is 1. The lowest BCUT2D eigenvalue weighted by Crippen LogP contribution is -2.52. The average Bonchev–Trinajstić information content (AvgIpc) is 2.83. The van der Waals surface area contributed by atoms with E-state index in [4.69, 9.17) is 11.6 Å². The highest BCUT2D eigenvalue weighted by Crippen LogP contribution is 2.20. The third-order valence-electron chi connectivity index (χ3n) is 6.01. The Morgan fingerprint density at radius 3 is 2.29 bits per heavy atom. The van der Waals surface area contributed by atoms with Crippen LogP contribution in [0.4, 0.5) is 0 Å². The van der Waals surface area contributed by atoms with Gasteiger partial charge < -0.3 is 10.2 Å². The molecule has 3 aromatic carbocycles. The van der Waals surface area contributed by atoms with Crippen molar-refractivity contribution in [2.24, 2.45) is 0 Å². The summed E-state index contributed by atoms with van der Waals surface area (Å²) < 4.78 is 0. The van der Waals surface area contributed by atoms with Crippen LogP contribution in [0.1, 0.15) is 42.5 Å². The minimum atomic E-state index is -0.646. The van der Waals surface area contributed by atoms with Gasteiger partial charge in [0.15, 0.2) is 0 Å². The van der Waals surface area contributed by atoms with Gasteiger partial charge in [-0.2, -0.15) is 0 Å². The Hall–Kier alpha value is -3.11. The van der Waals surface area contributed by atoms with E-state index in [2.05, 4.69) is 11.4 Å². The van der Waals surface area contributed by atoms with Crippen LogP contribution in [0.15, 0.2) is 78.9 Å². The van der Waals surface area contributed by atoms with Crippen LogP contribution in [0.3, 0.4) is 0 Å². The molecule has 0 radical (unpaired) electrons. The summed E-state index contributed by atoms with van der Waals surface area (Å²) in [5.41, 5.74) is 3.86. The van der Waals surface area contributed by atoms with Crippen LogP contribution in [0.2, 0.25) is 5.02 Å². The molecule has 1 N–H and O–H groups in total. The summed E-state index contributed by atoms with van der Waals surface area (Å²) in [6, 6.07) is 24.6. The van der Waals surface area contributed by atoms with Gasteiger partial charge in [0.05, 0.1) is 6.42 Å². The number of hydrogen-bond acceptors (Lipinski definition) is 2. The smallest absolute Gasteiger partial charge is 0.243 e. The van der Waals surface area contributed by atoms with E-state index in [1.165, 1.54) is 0 Å². The average molecular weight is 477 g/mol. The van der Waals surface area contributed by atoms with Crippen molar-refractivity contribution in [1.82, 2.24) is 10.2 Å². The van der Waals surface area contributed by atoms with E-state index in [0.29, 0.717) is 18.0 Å². The van der Waals surface area contributed by atoms with Crippen molar-refractivity contribution in [1.29, 1.82) is 0 Å². The molecular formula is C29H33ClN2O2. The van der Waals surface area contributed by atoms with Crippen LogP contribution in [-0.2, 0) is 29.0 Å². The quantitative estimate of drug-likeness (QED) is 0.405. The molecule has 0 saturated carbocycles. The minimum absolute atomic E-state index is 0.0188. The van der Waals surface area contributed by atoms with Crippen LogP contribution < -0.4 is 5.32 Å². The molecule has 5 heteroatoms. The van der Waals surface area contributed by atoms with Gasteiger partial charge in [-0.3, -0.25) is 9.59 Å². The highest BCUT2D eigenvalue weighted by Gasteiger charge is 2.31. The first-order valence-corrected chi connectivity index (χ1v) is 12.2. The van der Waals surface area contributed by atoms with Crippen molar-refractivity contribution in [3.05, 3.63) is 106 Å². The molecule has 0 aliphatic carbocycles. The molecule has 2 atom stereocenters. The first kappa shape index (κ1) is 25.5. The second kappa shape index (κ2) is 12.4. The number of rotatable bonds is 10. The number of nitrogens with zero attached hydrogens (tertiary/aromatic N) is 1. The number of halogens is 1. The maximum absolute atomic E-state index is 13.7. The summed E-state index contributed by atoms with van der Waals surface area (Å²) in [6.07, 6.45) is 1.38. The molecule has 3 aromatic rings. The summed E-state index contributed by atoms with van der Waals surface area (Å²) >= 11 is 6.36. The van der Waals surface area contributed by atoms with Crippen LogP contribution in [0, 0.1) is 6.92 Å². The Balaban J connectivity index is 1.98. The normalized spacial score (nSPS) is 12.6. The molecule has 0 fully saturated rings. The van der Waals surface area contributed by atoms with Crippen LogP contribution in [0.5, 0.6) is 0 Å². The molecule has 0 heterocycles. The predicted molar refractivity (Wildman–Crippen MR) is 139 cm³/mol. The van der Waals surface area contributed by atoms with Crippen LogP contribution in [0.25, 0.3) is 0 Å². The van der Waals surface area contributed by atoms with Gasteiger partial charge in [0.2, 0.25) is 11.8 Å². The van der Waals surface area contributed by atoms with Crippen molar-refractivity contribution in [3.8, 4) is 0 Å². The monoisotopic (exact) mass is 476 g/mol. The van der Waals surface area contributed by atoms with E-state index in [1.54, 1.807) is 11.0 Å². The van der Waals surface area contributed by atoms with E-state index in [9.17, 15) is 9.59 Å². The van der Waals surface area contributed by atoms with Gasteiger partial charge in [-0.25, -0.2) is 0 Å². The van der Waals surface area contributed by atoms with E-state index in [0.717, 1.165) is 28.7 Å². The summed E-state index contributed by atoms with van der Waals surface area (Å²) in [5, 5.41) is 3.65. The van der Waals surface area contributed by atoms with Gasteiger partial charge in [0.25, 0.3) is 0 Å². The van der Waals surface area contributed by atoms with Crippen molar-refractivity contribution >= 4 is 23.4 Å². The Labute approximate surface area is 207 Å². The van der Waals surface area contributed by atoms with Crippen LogP contribution in [-0.4, -0.2) is 28.8 Å². The van der Waals surface area contributed by atoms with Crippen molar-refractivity contribution in [2.45, 2.75) is 58.7 Å². The Bertz CT molecular complexity index is 1100. The van der Waals surface area contributed by atoms with Crippen molar-refractivity contribution in [3.63, 3.8) is 0 Å². The van der Waals surface area contributed by atoms with Gasteiger partial charge in [0.1, 0.15) is 6.04 Å². The SMILES string of the molecule is CC[C@H](C)NC(=O)[C@@H](Cc1ccccc1)N(Cc1cccc(C)c1)C(=O)Cc1ccccc1Cl. The fourth-order valence-corrected chi connectivity index (χ4v) is 4.11. The van der Waals surface area contributed by atoms with Gasteiger partial charge >= 0.3 is 0 Å². The topological polar surface area (TPSA) is 49.4 Å². The molecule has 0 aromatic heterocycles. The zero-order chi connectivity index (χ0) is 24.5. The standard InChI is InChI=1S/C29H33ClN2O2/c1-4-22(3)31-29(34)27(18-23-12-6-5-7-13-23)32(20-24-14-10-11-21(2)17-24)28(33)19-25-15-8-9-16-26(25)30/h5-17,22,27H,4,18-20H2,1-3H3,(H,31,34)/t22-,27+/m0/s1. The van der Waals surface area contributed by atoms with Crippen LogP contribution >= 0.6 is 11.6 Å². The fraction of sp³-hybridized carbons (Fsp3) is 0.310. The first-order valence-electron chi connectivity index (χ1n) is 11.8. The van der Waals surface area contributed by atoms with E-state index in [1.807, 2.05) is 87.5 Å². The summed E-state index contributed by atoms with van der Waals surface area (Å²) in [6.45, 7) is 6.38. The lowest BCUT2D eigenvalue weighted by molar-refractivity contribution is -0.141. The third-order valence-corrected chi connectivity index (χ3v) is 6.38. The predicted octanol–water partition coefficient (Wildman–Crippen LogP) is 5.75. The Kier molecular flexibility index (Phi) is 9.29. The fourth-order valence-electron chi connectivity index (χ4n) is 3.91. The van der Waals surface area contributed by atoms with E-state index < -0.39 is 6.04 Å². The molecule has 0 spiro atoms. The molecule has 0 bridgehead atoms. The number of carbonyl (C=O) groups is 2. The van der Waals surface area contributed by atoms with E-state index in [-0.39, 0.29) is 24.3 Å². The molecule has 178 valence electrons. The summed E-state index contributed by atoms with van der Waals surface area (Å²) in [4.78, 5) is 29.0.